The maximum Gasteiger partial charge on any atom is 0.254 e. The Bertz CT molecular complexity index is 1120. The minimum atomic E-state index is -0.597. The van der Waals surface area contributed by atoms with Crippen molar-refractivity contribution in [3.63, 3.8) is 0 Å². The SMILES string of the molecule is COCCN1C(=O)c2ccccc2C(C(=O)Nc2cccc(OC)c2)C1c1cccn1C. The zero-order valence-electron chi connectivity index (χ0n) is 18.4. The van der Waals surface area contributed by atoms with E-state index in [-0.39, 0.29) is 11.8 Å². The van der Waals surface area contributed by atoms with Gasteiger partial charge in [0.05, 0.1) is 25.7 Å². The summed E-state index contributed by atoms with van der Waals surface area (Å²) in [5.41, 5.74) is 2.78. The van der Waals surface area contributed by atoms with Crippen molar-refractivity contribution < 1.29 is 19.1 Å². The second-order valence-corrected chi connectivity index (χ2v) is 7.77. The van der Waals surface area contributed by atoms with Crippen molar-refractivity contribution in [2.75, 3.05) is 32.7 Å². The van der Waals surface area contributed by atoms with Gasteiger partial charge in [-0.15, -0.1) is 0 Å². The van der Waals surface area contributed by atoms with E-state index in [1.165, 1.54) is 0 Å². The van der Waals surface area contributed by atoms with E-state index in [0.29, 0.717) is 30.2 Å². The Morgan fingerprint density at radius 1 is 1.06 bits per heavy atom. The number of carbonyl (C=O) groups excluding carboxylic acids is 2. The quantitative estimate of drug-likeness (QED) is 0.618. The molecule has 1 aliphatic heterocycles. The molecule has 2 unspecified atom stereocenters. The highest BCUT2D eigenvalue weighted by Gasteiger charge is 2.44. The highest BCUT2D eigenvalue weighted by Crippen LogP contribution is 2.43. The van der Waals surface area contributed by atoms with E-state index in [1.54, 1.807) is 31.3 Å². The first-order valence-corrected chi connectivity index (χ1v) is 10.5. The summed E-state index contributed by atoms with van der Waals surface area (Å²) < 4.78 is 12.5. The van der Waals surface area contributed by atoms with Crippen LogP contribution in [0, 0.1) is 0 Å². The normalized spacial score (nSPS) is 17.7. The van der Waals surface area contributed by atoms with Gasteiger partial charge in [-0.1, -0.05) is 24.3 Å². The van der Waals surface area contributed by atoms with Crippen LogP contribution < -0.4 is 10.1 Å². The molecule has 2 aromatic carbocycles. The monoisotopic (exact) mass is 433 g/mol. The van der Waals surface area contributed by atoms with Gasteiger partial charge in [-0.25, -0.2) is 0 Å². The Hall–Kier alpha value is -3.58. The molecule has 1 aromatic heterocycles. The number of anilines is 1. The lowest BCUT2D eigenvalue weighted by atomic mass is 9.80. The van der Waals surface area contributed by atoms with E-state index in [4.69, 9.17) is 9.47 Å². The predicted molar refractivity (Wildman–Crippen MR) is 122 cm³/mol. The molecule has 0 fully saturated rings. The van der Waals surface area contributed by atoms with Gasteiger partial charge in [0.2, 0.25) is 5.91 Å². The van der Waals surface area contributed by atoms with Crippen LogP contribution in [0.1, 0.15) is 33.6 Å². The van der Waals surface area contributed by atoms with E-state index in [1.807, 2.05) is 66.3 Å². The summed E-state index contributed by atoms with van der Waals surface area (Å²) in [5, 5.41) is 3.03. The second kappa shape index (κ2) is 9.28. The predicted octanol–water partition coefficient (Wildman–Crippen LogP) is 3.60. The molecule has 4 rings (SSSR count). The second-order valence-electron chi connectivity index (χ2n) is 7.77. The van der Waals surface area contributed by atoms with Crippen LogP contribution in [-0.2, 0) is 16.6 Å². The molecule has 0 saturated heterocycles. The van der Waals surface area contributed by atoms with Gasteiger partial charge in [0.1, 0.15) is 5.75 Å². The zero-order valence-corrected chi connectivity index (χ0v) is 18.4. The third-order valence-electron chi connectivity index (χ3n) is 5.88. The van der Waals surface area contributed by atoms with Gasteiger partial charge >= 0.3 is 0 Å². The molecule has 1 aliphatic rings. The van der Waals surface area contributed by atoms with Crippen LogP contribution >= 0.6 is 0 Å². The lowest BCUT2D eigenvalue weighted by Gasteiger charge is -2.41. The smallest absolute Gasteiger partial charge is 0.254 e. The number of nitrogens with zero attached hydrogens (tertiary/aromatic N) is 2. The molecule has 0 radical (unpaired) electrons. The fourth-order valence-corrected chi connectivity index (χ4v) is 4.34. The number of aromatic nitrogens is 1. The lowest BCUT2D eigenvalue weighted by molar-refractivity contribution is -0.119. The lowest BCUT2D eigenvalue weighted by Crippen LogP contribution is -2.47. The zero-order chi connectivity index (χ0) is 22.7. The van der Waals surface area contributed by atoms with Gasteiger partial charge < -0.3 is 24.3 Å². The molecule has 2 amide bonds. The summed E-state index contributed by atoms with van der Waals surface area (Å²) in [6, 6.07) is 18.0. The number of benzene rings is 2. The maximum absolute atomic E-state index is 13.7. The third kappa shape index (κ3) is 3.99. The van der Waals surface area contributed by atoms with Crippen LogP contribution in [-0.4, -0.2) is 48.7 Å². The average Bonchev–Trinajstić information content (AvgIpc) is 3.23. The Morgan fingerprint density at radius 2 is 1.88 bits per heavy atom. The molecule has 0 bridgehead atoms. The molecule has 2 heterocycles. The van der Waals surface area contributed by atoms with Gasteiger partial charge in [0.25, 0.3) is 5.91 Å². The number of nitrogens with one attached hydrogen (secondary N) is 1. The van der Waals surface area contributed by atoms with Gasteiger partial charge in [0, 0.05) is 49.9 Å². The Kier molecular flexibility index (Phi) is 6.28. The molecular weight excluding hydrogens is 406 g/mol. The molecule has 0 saturated carbocycles. The molecule has 0 aliphatic carbocycles. The van der Waals surface area contributed by atoms with E-state index >= 15 is 0 Å². The number of methoxy groups -OCH3 is 2. The van der Waals surface area contributed by atoms with Gasteiger partial charge in [-0.3, -0.25) is 9.59 Å². The van der Waals surface area contributed by atoms with Crippen molar-refractivity contribution in [1.29, 1.82) is 0 Å². The first-order valence-electron chi connectivity index (χ1n) is 10.5. The van der Waals surface area contributed by atoms with E-state index in [9.17, 15) is 9.59 Å². The number of hydrogen-bond donors (Lipinski definition) is 1. The number of ether oxygens (including phenoxy) is 2. The minimum absolute atomic E-state index is 0.103. The summed E-state index contributed by atoms with van der Waals surface area (Å²) in [6.45, 7) is 0.751. The molecule has 3 aromatic rings. The first kappa shape index (κ1) is 21.6. The van der Waals surface area contributed by atoms with Crippen molar-refractivity contribution in [2.45, 2.75) is 12.0 Å². The fourth-order valence-electron chi connectivity index (χ4n) is 4.34. The summed E-state index contributed by atoms with van der Waals surface area (Å²) in [4.78, 5) is 29.0. The first-order chi connectivity index (χ1) is 15.5. The van der Waals surface area contributed by atoms with E-state index in [0.717, 1.165) is 11.3 Å². The highest BCUT2D eigenvalue weighted by molar-refractivity contribution is 6.04. The van der Waals surface area contributed by atoms with Crippen LogP contribution in [0.3, 0.4) is 0 Å². The number of amides is 2. The summed E-state index contributed by atoms with van der Waals surface area (Å²) in [5.74, 6) is -0.232. The number of aryl methyl sites for hydroxylation is 1. The standard InChI is InChI=1S/C25H27N3O4/c1-27-13-7-12-21(27)23-22(24(29)26-17-8-6-9-18(16-17)32-3)19-10-4-5-11-20(19)25(30)28(23)14-15-31-2/h4-13,16,22-23H,14-15H2,1-3H3,(H,26,29). The summed E-state index contributed by atoms with van der Waals surface area (Å²) in [6.07, 6.45) is 1.92. The minimum Gasteiger partial charge on any atom is -0.497 e. The van der Waals surface area contributed by atoms with Gasteiger partial charge in [0.15, 0.2) is 0 Å². The number of hydrogen-bond acceptors (Lipinski definition) is 4. The highest BCUT2D eigenvalue weighted by atomic mass is 16.5. The molecule has 2 atom stereocenters. The summed E-state index contributed by atoms with van der Waals surface area (Å²) in [7, 11) is 5.11. The van der Waals surface area contributed by atoms with Crippen molar-refractivity contribution in [3.05, 3.63) is 83.7 Å². The third-order valence-corrected chi connectivity index (χ3v) is 5.88. The van der Waals surface area contributed by atoms with Crippen LogP contribution in [0.2, 0.25) is 0 Å². The molecule has 7 nitrogen and oxygen atoms in total. The maximum atomic E-state index is 13.7. The largest absolute Gasteiger partial charge is 0.497 e. The van der Waals surface area contributed by atoms with Crippen molar-refractivity contribution in [3.8, 4) is 5.75 Å². The van der Waals surface area contributed by atoms with E-state index < -0.39 is 12.0 Å². The molecular formula is C25H27N3O4. The van der Waals surface area contributed by atoms with E-state index in [2.05, 4.69) is 5.32 Å². The topological polar surface area (TPSA) is 72.8 Å². The molecule has 1 N–H and O–H groups in total. The molecule has 7 heteroatoms. The van der Waals surface area contributed by atoms with Crippen molar-refractivity contribution >= 4 is 17.5 Å². The van der Waals surface area contributed by atoms with Gasteiger partial charge in [-0.2, -0.15) is 0 Å². The average molecular weight is 434 g/mol. The Labute approximate surface area is 187 Å². The van der Waals surface area contributed by atoms with Crippen LogP contribution in [0.4, 0.5) is 5.69 Å². The van der Waals surface area contributed by atoms with Crippen molar-refractivity contribution in [1.82, 2.24) is 9.47 Å². The van der Waals surface area contributed by atoms with Crippen molar-refractivity contribution in [2.24, 2.45) is 7.05 Å². The summed E-state index contributed by atoms with van der Waals surface area (Å²) >= 11 is 0. The number of rotatable bonds is 7. The fraction of sp³-hybridized carbons (Fsp3) is 0.280. The van der Waals surface area contributed by atoms with Crippen LogP contribution in [0.25, 0.3) is 0 Å². The Morgan fingerprint density at radius 3 is 2.59 bits per heavy atom. The molecule has 32 heavy (non-hydrogen) atoms. The number of carbonyl (C=O) groups is 2. The number of fused-ring (bicyclic) bond motifs is 1. The van der Waals surface area contributed by atoms with Crippen LogP contribution in [0.5, 0.6) is 5.75 Å². The molecule has 166 valence electrons. The van der Waals surface area contributed by atoms with Crippen LogP contribution in [0.15, 0.2) is 66.9 Å². The molecule has 0 spiro atoms. The Balaban J connectivity index is 1.81. The van der Waals surface area contributed by atoms with Gasteiger partial charge in [-0.05, 0) is 35.9 Å².